The number of fused-ring (bicyclic) bond motifs is 3. The lowest BCUT2D eigenvalue weighted by molar-refractivity contribution is 1.26. The van der Waals surface area contributed by atoms with E-state index in [4.69, 9.17) is 0 Å². The summed E-state index contributed by atoms with van der Waals surface area (Å²) < 4.78 is 0. The van der Waals surface area contributed by atoms with Crippen LogP contribution < -0.4 is 0 Å². The minimum atomic E-state index is 0.959. The van der Waals surface area contributed by atoms with Gasteiger partial charge in [-0.05, 0) is 47.7 Å². The fourth-order valence-electron chi connectivity index (χ4n) is 2.84. The molecule has 2 aromatic rings. The summed E-state index contributed by atoms with van der Waals surface area (Å²) >= 11 is 0. The minimum absolute atomic E-state index is 0.959. The number of allylic oxidation sites excluding steroid dienone is 6. The Bertz CT molecular complexity index is 798. The zero-order valence-corrected chi connectivity index (χ0v) is 12.7. The van der Waals surface area contributed by atoms with Crippen molar-refractivity contribution in [3.8, 4) is 0 Å². The molecule has 0 heteroatoms. The molecule has 0 fully saturated rings. The number of hydrogen-bond donors (Lipinski definition) is 0. The largest absolute Gasteiger partial charge is 0.0918 e. The molecular formula is C21H20. The topological polar surface area (TPSA) is 0 Å². The van der Waals surface area contributed by atoms with Gasteiger partial charge in [0.25, 0.3) is 0 Å². The molecule has 0 nitrogen and oxygen atoms in total. The summed E-state index contributed by atoms with van der Waals surface area (Å²) in [4.78, 5) is 0. The Morgan fingerprint density at radius 2 is 1.81 bits per heavy atom. The van der Waals surface area contributed by atoms with Crippen LogP contribution in [0, 0.1) is 6.92 Å². The van der Waals surface area contributed by atoms with Crippen molar-refractivity contribution in [2.75, 3.05) is 0 Å². The Balaban J connectivity index is 2.21. The van der Waals surface area contributed by atoms with Crippen LogP contribution in [0.3, 0.4) is 0 Å². The fourth-order valence-corrected chi connectivity index (χ4v) is 2.84. The van der Waals surface area contributed by atoms with Crippen LogP contribution in [-0.2, 0) is 6.42 Å². The van der Waals surface area contributed by atoms with E-state index in [-0.39, 0.29) is 0 Å². The standard InChI is InChI=1S/C21H20/c1-15-5-4-6-18-9-10-19-14-17(3)8-12-21(19)20(18)11-7-16(2)13-15/h4-5,7-14H,2,6H2,1,3H3/b5-4-,11-7-,15-13-. The molecule has 0 atom stereocenters. The fraction of sp³-hybridized carbons (Fsp3) is 0.143. The predicted molar refractivity (Wildman–Crippen MR) is 93.5 cm³/mol. The highest BCUT2D eigenvalue weighted by molar-refractivity contribution is 5.92. The molecular weight excluding hydrogens is 252 g/mol. The molecule has 3 rings (SSSR count). The van der Waals surface area contributed by atoms with Gasteiger partial charge in [-0.1, -0.05) is 78.4 Å². The van der Waals surface area contributed by atoms with Gasteiger partial charge in [0.2, 0.25) is 0 Å². The van der Waals surface area contributed by atoms with Gasteiger partial charge in [-0.2, -0.15) is 0 Å². The van der Waals surface area contributed by atoms with Crippen LogP contribution in [0.1, 0.15) is 23.6 Å². The number of aryl methyl sites for hydroxylation is 1. The molecule has 0 N–H and O–H groups in total. The van der Waals surface area contributed by atoms with Crippen molar-refractivity contribution in [2.45, 2.75) is 20.3 Å². The Labute approximate surface area is 126 Å². The molecule has 2 aromatic carbocycles. The van der Waals surface area contributed by atoms with Crippen molar-refractivity contribution < 1.29 is 0 Å². The third-order valence-corrected chi connectivity index (χ3v) is 3.90. The second kappa shape index (κ2) is 5.57. The Kier molecular flexibility index (Phi) is 3.62. The number of rotatable bonds is 0. The van der Waals surface area contributed by atoms with Crippen molar-refractivity contribution in [1.82, 2.24) is 0 Å². The molecule has 0 aromatic heterocycles. The summed E-state index contributed by atoms with van der Waals surface area (Å²) in [6.45, 7) is 8.36. The van der Waals surface area contributed by atoms with Crippen LogP contribution in [0.25, 0.3) is 16.8 Å². The van der Waals surface area contributed by atoms with Crippen LogP contribution in [0.4, 0.5) is 0 Å². The highest BCUT2D eigenvalue weighted by Crippen LogP contribution is 2.26. The van der Waals surface area contributed by atoms with Crippen molar-refractivity contribution in [1.29, 1.82) is 0 Å². The first-order chi connectivity index (χ1) is 10.1. The number of hydrogen-bond acceptors (Lipinski definition) is 0. The van der Waals surface area contributed by atoms with Gasteiger partial charge in [0.1, 0.15) is 0 Å². The number of benzene rings is 2. The highest BCUT2D eigenvalue weighted by atomic mass is 14.1. The molecule has 1 aliphatic rings. The zero-order chi connectivity index (χ0) is 14.8. The van der Waals surface area contributed by atoms with Gasteiger partial charge < -0.3 is 0 Å². The third kappa shape index (κ3) is 2.90. The molecule has 0 saturated heterocycles. The van der Waals surface area contributed by atoms with E-state index in [0.29, 0.717) is 0 Å². The van der Waals surface area contributed by atoms with Crippen LogP contribution in [0.5, 0.6) is 0 Å². The molecule has 21 heavy (non-hydrogen) atoms. The summed E-state index contributed by atoms with van der Waals surface area (Å²) in [5.74, 6) is 0. The van der Waals surface area contributed by atoms with Gasteiger partial charge in [0, 0.05) is 0 Å². The van der Waals surface area contributed by atoms with Crippen LogP contribution >= 0.6 is 0 Å². The molecule has 0 saturated carbocycles. The maximum atomic E-state index is 4.11. The van der Waals surface area contributed by atoms with Crippen molar-refractivity contribution in [3.05, 3.63) is 89.1 Å². The summed E-state index contributed by atoms with van der Waals surface area (Å²) in [6, 6.07) is 11.1. The first-order valence-electron chi connectivity index (χ1n) is 7.37. The monoisotopic (exact) mass is 272 g/mol. The van der Waals surface area contributed by atoms with Gasteiger partial charge >= 0.3 is 0 Å². The second-order valence-electron chi connectivity index (χ2n) is 5.77. The molecule has 0 aliphatic heterocycles. The molecule has 0 bridgehead atoms. The smallest absolute Gasteiger partial charge is 0.00881 e. The van der Waals surface area contributed by atoms with E-state index in [9.17, 15) is 0 Å². The lowest BCUT2D eigenvalue weighted by atomic mass is 9.94. The van der Waals surface area contributed by atoms with Crippen LogP contribution in [0.15, 0.2) is 72.4 Å². The van der Waals surface area contributed by atoms with E-state index in [1.165, 1.54) is 33.0 Å². The quantitative estimate of drug-likeness (QED) is 0.570. The van der Waals surface area contributed by atoms with E-state index in [0.717, 1.165) is 12.0 Å². The van der Waals surface area contributed by atoms with E-state index in [2.05, 4.69) is 81.1 Å². The second-order valence-corrected chi connectivity index (χ2v) is 5.77. The normalized spacial score (nSPS) is 20.5. The van der Waals surface area contributed by atoms with Gasteiger partial charge in [0.05, 0.1) is 0 Å². The van der Waals surface area contributed by atoms with Gasteiger partial charge in [0.15, 0.2) is 0 Å². The Morgan fingerprint density at radius 3 is 2.67 bits per heavy atom. The maximum absolute atomic E-state index is 4.11. The third-order valence-electron chi connectivity index (χ3n) is 3.90. The van der Waals surface area contributed by atoms with E-state index < -0.39 is 0 Å². The molecule has 0 heterocycles. The first kappa shape index (κ1) is 13.6. The average molecular weight is 272 g/mol. The van der Waals surface area contributed by atoms with Gasteiger partial charge in [-0.3, -0.25) is 0 Å². The summed E-state index contributed by atoms with van der Waals surface area (Å²) in [7, 11) is 0. The lowest BCUT2D eigenvalue weighted by Crippen LogP contribution is -1.91. The molecule has 0 spiro atoms. The molecule has 104 valence electrons. The highest BCUT2D eigenvalue weighted by Gasteiger charge is 2.05. The summed E-state index contributed by atoms with van der Waals surface area (Å²) in [5.41, 5.74) is 6.25. The Morgan fingerprint density at radius 1 is 0.952 bits per heavy atom. The Hall–Kier alpha value is -2.34. The maximum Gasteiger partial charge on any atom is -0.00881 e. The van der Waals surface area contributed by atoms with Crippen LogP contribution in [0.2, 0.25) is 0 Å². The summed E-state index contributed by atoms with van der Waals surface area (Å²) in [5, 5.41) is 2.62. The van der Waals surface area contributed by atoms with E-state index in [1.807, 2.05) is 0 Å². The summed E-state index contributed by atoms with van der Waals surface area (Å²) in [6.07, 6.45) is 11.8. The SMILES string of the molecule is C=C1/C=C\c2c(ccc3cc(C)ccc23)C/C=C\C(C)=C/1. The van der Waals surface area contributed by atoms with Gasteiger partial charge in [-0.15, -0.1) is 0 Å². The van der Waals surface area contributed by atoms with E-state index in [1.54, 1.807) is 0 Å². The van der Waals surface area contributed by atoms with Crippen molar-refractivity contribution >= 4 is 16.8 Å². The predicted octanol–water partition coefficient (Wildman–Crippen LogP) is 5.78. The van der Waals surface area contributed by atoms with Crippen LogP contribution in [-0.4, -0.2) is 0 Å². The zero-order valence-electron chi connectivity index (χ0n) is 12.7. The van der Waals surface area contributed by atoms with Crippen molar-refractivity contribution in [2.24, 2.45) is 0 Å². The molecule has 0 radical (unpaired) electrons. The molecule has 1 aliphatic carbocycles. The van der Waals surface area contributed by atoms with Crippen molar-refractivity contribution in [3.63, 3.8) is 0 Å². The van der Waals surface area contributed by atoms with E-state index >= 15 is 0 Å². The minimum Gasteiger partial charge on any atom is -0.0918 e. The molecule has 0 unspecified atom stereocenters. The lowest BCUT2D eigenvalue weighted by Gasteiger charge is -2.10. The first-order valence-corrected chi connectivity index (χ1v) is 7.37. The average Bonchev–Trinajstić information content (AvgIpc) is 2.45. The van der Waals surface area contributed by atoms with Gasteiger partial charge in [-0.25, -0.2) is 0 Å². The molecule has 0 amide bonds.